The van der Waals surface area contributed by atoms with Crippen LogP contribution < -0.4 is 15.4 Å². The van der Waals surface area contributed by atoms with Gasteiger partial charge in [0.2, 0.25) is 5.91 Å². The molecule has 0 aliphatic carbocycles. The van der Waals surface area contributed by atoms with Crippen LogP contribution in [-0.4, -0.2) is 31.6 Å². The van der Waals surface area contributed by atoms with Gasteiger partial charge in [-0.25, -0.2) is 0 Å². The first-order valence-corrected chi connectivity index (χ1v) is 7.41. The summed E-state index contributed by atoms with van der Waals surface area (Å²) in [7, 11) is 0. The number of rotatable bonds is 6. The van der Waals surface area contributed by atoms with Crippen LogP contribution in [0.1, 0.15) is 18.9 Å². The average Bonchev–Trinajstić information content (AvgIpc) is 2.78. The summed E-state index contributed by atoms with van der Waals surface area (Å²) in [4.78, 5) is 11.4. The summed E-state index contributed by atoms with van der Waals surface area (Å²) in [6, 6.07) is 6.05. The fourth-order valence-corrected chi connectivity index (χ4v) is 2.48. The van der Waals surface area contributed by atoms with Crippen molar-refractivity contribution in [2.45, 2.75) is 25.9 Å². The Kier molecular flexibility index (Phi) is 5.22. The maximum Gasteiger partial charge on any atom is 0.233 e. The van der Waals surface area contributed by atoms with Gasteiger partial charge in [-0.3, -0.25) is 4.79 Å². The Bertz CT molecular complexity index is 451. The van der Waals surface area contributed by atoms with Crippen molar-refractivity contribution in [2.24, 2.45) is 0 Å². The minimum atomic E-state index is 0.0418. The van der Waals surface area contributed by atoms with Gasteiger partial charge in [-0.1, -0.05) is 22.9 Å². The molecule has 1 aromatic rings. The van der Waals surface area contributed by atoms with Gasteiger partial charge in [0.1, 0.15) is 11.9 Å². The van der Waals surface area contributed by atoms with E-state index in [1.54, 1.807) is 0 Å². The zero-order valence-corrected chi connectivity index (χ0v) is 12.6. The molecule has 4 nitrogen and oxygen atoms in total. The lowest BCUT2D eigenvalue weighted by atomic mass is 10.1. The van der Waals surface area contributed by atoms with E-state index in [4.69, 9.17) is 4.74 Å². The number of ether oxygens (including phenoxy) is 1. The highest BCUT2D eigenvalue weighted by molar-refractivity contribution is 9.10. The predicted octanol–water partition coefficient (Wildman–Crippen LogP) is 1.87. The number of hydrogen-bond donors (Lipinski definition) is 2. The molecule has 0 spiro atoms. The molecule has 0 fully saturated rings. The van der Waals surface area contributed by atoms with Crippen LogP contribution in [0.5, 0.6) is 5.75 Å². The van der Waals surface area contributed by atoms with Crippen molar-refractivity contribution in [3.05, 3.63) is 28.2 Å². The lowest BCUT2D eigenvalue weighted by molar-refractivity contribution is -0.120. The van der Waals surface area contributed by atoms with Gasteiger partial charge in [-0.2, -0.15) is 0 Å². The number of fused-ring (bicyclic) bond motifs is 1. The molecule has 2 rings (SSSR count). The highest BCUT2D eigenvalue weighted by Gasteiger charge is 2.22. The maximum absolute atomic E-state index is 11.4. The number of carbonyl (C=O) groups is 1. The van der Waals surface area contributed by atoms with Gasteiger partial charge in [0, 0.05) is 24.0 Å². The van der Waals surface area contributed by atoms with Crippen LogP contribution in [0.3, 0.4) is 0 Å². The Morgan fingerprint density at radius 1 is 1.53 bits per heavy atom. The van der Waals surface area contributed by atoms with Crippen LogP contribution in [0, 0.1) is 0 Å². The van der Waals surface area contributed by atoms with Crippen LogP contribution >= 0.6 is 15.9 Å². The molecule has 1 heterocycles. The molecular formula is C14H19BrN2O2. The number of carbonyl (C=O) groups excluding carboxylic acids is 1. The Morgan fingerprint density at radius 2 is 2.37 bits per heavy atom. The highest BCUT2D eigenvalue weighted by Crippen LogP contribution is 2.30. The second kappa shape index (κ2) is 6.91. The summed E-state index contributed by atoms with van der Waals surface area (Å²) in [5, 5.41) is 5.97. The predicted molar refractivity (Wildman–Crippen MR) is 78.4 cm³/mol. The Labute approximate surface area is 122 Å². The first-order chi connectivity index (χ1) is 9.19. The van der Waals surface area contributed by atoms with E-state index < -0.39 is 0 Å². The Hall–Kier alpha value is -1.07. The molecule has 2 N–H and O–H groups in total. The molecule has 0 radical (unpaired) electrons. The molecule has 5 heteroatoms. The molecular weight excluding hydrogens is 308 g/mol. The fraction of sp³-hybridized carbons (Fsp3) is 0.500. The summed E-state index contributed by atoms with van der Waals surface area (Å²) in [6.07, 6.45) is 1.96. The summed E-state index contributed by atoms with van der Waals surface area (Å²) in [6.45, 7) is 3.81. The third-order valence-corrected chi connectivity index (χ3v) is 3.49. The molecule has 0 saturated heterocycles. The Balaban J connectivity index is 1.71. The Morgan fingerprint density at radius 3 is 3.16 bits per heavy atom. The summed E-state index contributed by atoms with van der Waals surface area (Å²) in [5.41, 5.74) is 1.22. The van der Waals surface area contributed by atoms with E-state index in [-0.39, 0.29) is 12.0 Å². The van der Waals surface area contributed by atoms with Crippen LogP contribution in [0.4, 0.5) is 0 Å². The fourth-order valence-electron chi connectivity index (χ4n) is 2.08. The maximum atomic E-state index is 11.4. The summed E-state index contributed by atoms with van der Waals surface area (Å²) in [5.74, 6) is 0.991. The lowest BCUT2D eigenvalue weighted by Gasteiger charge is -2.11. The minimum absolute atomic E-state index is 0.0418. The molecule has 1 amide bonds. The second-order valence-corrected chi connectivity index (χ2v) is 5.59. The SMILES string of the molecule is CCCNC(=O)CNCC1Cc2cc(Br)ccc2O1. The summed E-state index contributed by atoms with van der Waals surface area (Å²) < 4.78 is 6.88. The lowest BCUT2D eigenvalue weighted by Crippen LogP contribution is -2.38. The first kappa shape index (κ1) is 14.3. The van der Waals surface area contributed by atoms with Crippen molar-refractivity contribution in [1.29, 1.82) is 0 Å². The molecule has 1 aliphatic heterocycles. The average molecular weight is 327 g/mol. The third kappa shape index (κ3) is 4.21. The van der Waals surface area contributed by atoms with Gasteiger partial charge < -0.3 is 15.4 Å². The monoisotopic (exact) mass is 326 g/mol. The quantitative estimate of drug-likeness (QED) is 0.839. The number of nitrogens with one attached hydrogen (secondary N) is 2. The zero-order valence-electron chi connectivity index (χ0n) is 11.0. The topological polar surface area (TPSA) is 50.4 Å². The van der Waals surface area contributed by atoms with Gasteiger partial charge in [-0.15, -0.1) is 0 Å². The normalized spacial score (nSPS) is 16.8. The van der Waals surface area contributed by atoms with E-state index in [1.807, 2.05) is 19.1 Å². The standard InChI is InChI=1S/C14H19BrN2O2/c1-2-5-17-14(18)9-16-8-12-7-10-6-11(15)3-4-13(10)19-12/h3-4,6,12,16H,2,5,7-9H2,1H3,(H,17,18). The van der Waals surface area contributed by atoms with Gasteiger partial charge in [0.15, 0.2) is 0 Å². The number of halogens is 1. The van der Waals surface area contributed by atoms with Crippen LogP contribution in [0.15, 0.2) is 22.7 Å². The number of benzene rings is 1. The molecule has 1 aliphatic rings. The first-order valence-electron chi connectivity index (χ1n) is 6.61. The third-order valence-electron chi connectivity index (χ3n) is 2.99. The molecule has 1 aromatic carbocycles. The van der Waals surface area contributed by atoms with E-state index >= 15 is 0 Å². The smallest absolute Gasteiger partial charge is 0.233 e. The van der Waals surface area contributed by atoms with E-state index in [0.717, 1.165) is 29.6 Å². The molecule has 0 saturated carbocycles. The molecule has 104 valence electrons. The number of amides is 1. The van der Waals surface area contributed by atoms with Crippen molar-refractivity contribution < 1.29 is 9.53 Å². The van der Waals surface area contributed by atoms with Crippen molar-refractivity contribution >= 4 is 21.8 Å². The number of hydrogen-bond acceptors (Lipinski definition) is 3. The van der Waals surface area contributed by atoms with Crippen LogP contribution in [0.25, 0.3) is 0 Å². The van der Waals surface area contributed by atoms with Crippen LogP contribution in [0.2, 0.25) is 0 Å². The van der Waals surface area contributed by atoms with Gasteiger partial charge in [-0.05, 0) is 30.2 Å². The van der Waals surface area contributed by atoms with E-state index in [0.29, 0.717) is 13.1 Å². The van der Waals surface area contributed by atoms with E-state index in [2.05, 4.69) is 32.6 Å². The second-order valence-electron chi connectivity index (χ2n) is 4.68. The summed E-state index contributed by atoms with van der Waals surface area (Å²) >= 11 is 3.46. The van der Waals surface area contributed by atoms with Gasteiger partial charge >= 0.3 is 0 Å². The zero-order chi connectivity index (χ0) is 13.7. The van der Waals surface area contributed by atoms with Gasteiger partial charge in [0.05, 0.1) is 6.54 Å². The largest absolute Gasteiger partial charge is 0.488 e. The van der Waals surface area contributed by atoms with Crippen molar-refractivity contribution in [1.82, 2.24) is 10.6 Å². The highest BCUT2D eigenvalue weighted by atomic mass is 79.9. The molecule has 19 heavy (non-hydrogen) atoms. The van der Waals surface area contributed by atoms with E-state index in [1.165, 1.54) is 5.56 Å². The molecule has 0 bridgehead atoms. The van der Waals surface area contributed by atoms with E-state index in [9.17, 15) is 4.79 Å². The van der Waals surface area contributed by atoms with Crippen LogP contribution in [-0.2, 0) is 11.2 Å². The van der Waals surface area contributed by atoms with Crippen molar-refractivity contribution in [2.75, 3.05) is 19.6 Å². The van der Waals surface area contributed by atoms with Crippen molar-refractivity contribution in [3.8, 4) is 5.75 Å². The minimum Gasteiger partial charge on any atom is -0.488 e. The molecule has 1 unspecified atom stereocenters. The van der Waals surface area contributed by atoms with Gasteiger partial charge in [0.25, 0.3) is 0 Å². The van der Waals surface area contributed by atoms with Crippen molar-refractivity contribution in [3.63, 3.8) is 0 Å². The molecule has 0 aromatic heterocycles. The molecule has 1 atom stereocenters.